The van der Waals surface area contributed by atoms with E-state index in [9.17, 15) is 0 Å². The average molecular weight is 704 g/mol. The van der Waals surface area contributed by atoms with E-state index in [1.54, 1.807) is 0 Å². The summed E-state index contributed by atoms with van der Waals surface area (Å²) in [5, 5.41) is 0. The van der Waals surface area contributed by atoms with Crippen LogP contribution < -0.4 is 4.90 Å². The third-order valence-electron chi connectivity index (χ3n) is 12.9. The van der Waals surface area contributed by atoms with E-state index in [2.05, 4.69) is 219 Å². The monoisotopic (exact) mass is 703 g/mol. The van der Waals surface area contributed by atoms with Crippen LogP contribution in [0.15, 0.2) is 194 Å². The summed E-state index contributed by atoms with van der Waals surface area (Å²) in [4.78, 5) is 2.49. The van der Waals surface area contributed by atoms with Crippen molar-refractivity contribution in [1.29, 1.82) is 0 Å². The summed E-state index contributed by atoms with van der Waals surface area (Å²) in [7, 11) is 0. The van der Waals surface area contributed by atoms with E-state index in [0.29, 0.717) is 11.8 Å². The van der Waals surface area contributed by atoms with E-state index in [4.69, 9.17) is 0 Å². The van der Waals surface area contributed by atoms with E-state index >= 15 is 0 Å². The molecule has 4 aliphatic carbocycles. The van der Waals surface area contributed by atoms with Gasteiger partial charge < -0.3 is 4.90 Å². The van der Waals surface area contributed by atoms with Crippen molar-refractivity contribution in [3.63, 3.8) is 0 Å². The molecule has 2 atom stereocenters. The fourth-order valence-corrected chi connectivity index (χ4v) is 10.4. The molecule has 7 aromatic rings. The van der Waals surface area contributed by atoms with Gasteiger partial charge in [-0.3, -0.25) is 0 Å². The number of anilines is 3. The van der Waals surface area contributed by atoms with Gasteiger partial charge in [0.15, 0.2) is 0 Å². The number of nitrogens with zero attached hydrogens (tertiary/aromatic N) is 1. The number of hydrogen-bond acceptors (Lipinski definition) is 1. The number of benzene rings is 7. The molecule has 4 aliphatic rings. The molecule has 0 aliphatic heterocycles. The van der Waals surface area contributed by atoms with Gasteiger partial charge >= 0.3 is 0 Å². The zero-order chi connectivity index (χ0) is 36.7. The highest BCUT2D eigenvalue weighted by molar-refractivity contribution is 5.89. The Kier molecular flexibility index (Phi) is 7.01. The van der Waals surface area contributed by atoms with E-state index in [1.165, 1.54) is 66.8 Å². The molecule has 0 spiro atoms. The number of allylic oxidation sites excluding steroid dienone is 5. The standard InChI is InChI=1S/C54H41N/c1-53(2)49-24-11-8-21-45(49)48-32-30-42(35-52(48)53)55(41-29-31-44-37(33-41)28-27-36-15-6-7-20-43(36)44)40-19-14-18-39(34-40)54(38-16-4-3-5-17-38)50-25-12-9-22-46(50)47-23-10-13-26-51(47)54/h3-36,43H,1-2H3. The molecule has 2 unspecified atom stereocenters. The zero-order valence-corrected chi connectivity index (χ0v) is 31.2. The Hall–Kier alpha value is -6.44. The van der Waals surface area contributed by atoms with Crippen molar-refractivity contribution >= 4 is 23.1 Å². The summed E-state index contributed by atoms with van der Waals surface area (Å²) < 4.78 is 0. The first kappa shape index (κ1) is 32.0. The second kappa shape index (κ2) is 12.0. The Balaban J connectivity index is 1.14. The summed E-state index contributed by atoms with van der Waals surface area (Å²) in [6.07, 6.45) is 13.8. The second-order valence-corrected chi connectivity index (χ2v) is 16.0. The Morgan fingerprint density at radius 1 is 0.436 bits per heavy atom. The normalized spacial score (nSPS) is 18.4. The van der Waals surface area contributed by atoms with Gasteiger partial charge in [0.1, 0.15) is 0 Å². The van der Waals surface area contributed by atoms with Crippen molar-refractivity contribution in [3.8, 4) is 22.3 Å². The molecule has 1 heteroatoms. The van der Waals surface area contributed by atoms with Crippen molar-refractivity contribution in [2.24, 2.45) is 5.92 Å². The number of fused-ring (bicyclic) bond motifs is 9. The Morgan fingerprint density at radius 2 is 1.02 bits per heavy atom. The summed E-state index contributed by atoms with van der Waals surface area (Å²) >= 11 is 0. The third kappa shape index (κ3) is 4.60. The maximum Gasteiger partial charge on any atom is 0.0714 e. The van der Waals surface area contributed by atoms with Crippen molar-refractivity contribution in [3.05, 3.63) is 239 Å². The minimum atomic E-state index is -0.480. The van der Waals surface area contributed by atoms with Crippen LogP contribution in [0, 0.1) is 5.92 Å². The first-order chi connectivity index (χ1) is 27.0. The summed E-state index contributed by atoms with van der Waals surface area (Å²) in [5.41, 5.74) is 18.8. The van der Waals surface area contributed by atoms with Crippen LogP contribution in [-0.2, 0) is 10.8 Å². The molecule has 0 aromatic heterocycles. The molecule has 1 nitrogen and oxygen atoms in total. The first-order valence-electron chi connectivity index (χ1n) is 19.6. The van der Waals surface area contributed by atoms with Crippen molar-refractivity contribution < 1.29 is 0 Å². The lowest BCUT2D eigenvalue weighted by atomic mass is 9.67. The lowest BCUT2D eigenvalue weighted by Gasteiger charge is -2.35. The van der Waals surface area contributed by atoms with E-state index in [0.717, 1.165) is 17.1 Å². The van der Waals surface area contributed by atoms with Crippen LogP contribution in [-0.4, -0.2) is 0 Å². The van der Waals surface area contributed by atoms with E-state index in [1.807, 2.05) is 0 Å². The van der Waals surface area contributed by atoms with Crippen LogP contribution in [0.2, 0.25) is 0 Å². The molecule has 0 heterocycles. The largest absolute Gasteiger partial charge is 0.310 e. The van der Waals surface area contributed by atoms with Gasteiger partial charge in [-0.2, -0.15) is 0 Å². The van der Waals surface area contributed by atoms with Crippen LogP contribution in [0.5, 0.6) is 0 Å². The SMILES string of the molecule is CC1(C)c2ccccc2-c2ccc(N(c3cccc(C4(c5ccccc5)c5ccccc5-c5ccccc54)c3)c3ccc4c(c3)C=CC3C=CC=CC43)cc21. The van der Waals surface area contributed by atoms with Crippen molar-refractivity contribution in [1.82, 2.24) is 0 Å². The molecule has 0 N–H and O–H groups in total. The molecular formula is C54H41N. The number of hydrogen-bond donors (Lipinski definition) is 0. The highest BCUT2D eigenvalue weighted by Crippen LogP contribution is 2.57. The van der Waals surface area contributed by atoms with Gasteiger partial charge in [-0.25, -0.2) is 0 Å². The molecule has 262 valence electrons. The van der Waals surface area contributed by atoms with Gasteiger partial charge in [0.2, 0.25) is 0 Å². The lowest BCUT2D eigenvalue weighted by Crippen LogP contribution is -2.28. The minimum Gasteiger partial charge on any atom is -0.310 e. The molecule has 0 amide bonds. The quantitative estimate of drug-likeness (QED) is 0.172. The topological polar surface area (TPSA) is 3.24 Å². The van der Waals surface area contributed by atoms with Crippen LogP contribution in [0.3, 0.4) is 0 Å². The average Bonchev–Trinajstić information content (AvgIpc) is 3.67. The molecule has 11 rings (SSSR count). The lowest BCUT2D eigenvalue weighted by molar-refractivity contribution is 0.660. The summed E-state index contributed by atoms with van der Waals surface area (Å²) in [5.74, 6) is 0.770. The smallest absolute Gasteiger partial charge is 0.0714 e. The molecular weight excluding hydrogens is 663 g/mol. The predicted octanol–water partition coefficient (Wildman–Crippen LogP) is 13.7. The van der Waals surface area contributed by atoms with Crippen LogP contribution >= 0.6 is 0 Å². The Bertz CT molecular complexity index is 2710. The predicted molar refractivity (Wildman–Crippen MR) is 230 cm³/mol. The van der Waals surface area contributed by atoms with Gasteiger partial charge in [-0.15, -0.1) is 0 Å². The van der Waals surface area contributed by atoms with E-state index in [-0.39, 0.29) is 5.41 Å². The Morgan fingerprint density at radius 3 is 1.78 bits per heavy atom. The van der Waals surface area contributed by atoms with E-state index < -0.39 is 5.41 Å². The van der Waals surface area contributed by atoms with Crippen molar-refractivity contribution in [2.45, 2.75) is 30.6 Å². The highest BCUT2D eigenvalue weighted by Gasteiger charge is 2.46. The molecule has 0 radical (unpaired) electrons. The molecule has 0 fully saturated rings. The zero-order valence-electron chi connectivity index (χ0n) is 31.2. The molecule has 55 heavy (non-hydrogen) atoms. The van der Waals surface area contributed by atoms with Crippen LogP contribution in [0.4, 0.5) is 17.1 Å². The maximum absolute atomic E-state index is 2.49. The Labute approximate surface area is 324 Å². The summed E-state index contributed by atoms with van der Waals surface area (Å²) in [6, 6.07) is 61.7. The highest BCUT2D eigenvalue weighted by atomic mass is 15.1. The van der Waals surface area contributed by atoms with Gasteiger partial charge in [-0.05, 0) is 103 Å². The van der Waals surface area contributed by atoms with Crippen molar-refractivity contribution in [2.75, 3.05) is 4.90 Å². The molecule has 0 saturated carbocycles. The fraction of sp³-hybridized carbons (Fsp3) is 0.111. The number of rotatable bonds is 5. The van der Waals surface area contributed by atoms with Gasteiger partial charge in [-0.1, -0.05) is 178 Å². The van der Waals surface area contributed by atoms with Gasteiger partial charge in [0.25, 0.3) is 0 Å². The maximum atomic E-state index is 2.49. The fourth-order valence-electron chi connectivity index (χ4n) is 10.4. The minimum absolute atomic E-state index is 0.113. The summed E-state index contributed by atoms with van der Waals surface area (Å²) in [6.45, 7) is 4.74. The first-order valence-corrected chi connectivity index (χ1v) is 19.6. The third-order valence-corrected chi connectivity index (χ3v) is 12.9. The van der Waals surface area contributed by atoms with Gasteiger partial charge in [0.05, 0.1) is 5.41 Å². The molecule has 0 saturated heterocycles. The van der Waals surface area contributed by atoms with Crippen LogP contribution in [0.25, 0.3) is 28.3 Å². The molecule has 7 aromatic carbocycles. The van der Waals surface area contributed by atoms with Gasteiger partial charge in [0, 0.05) is 34.3 Å². The van der Waals surface area contributed by atoms with Crippen LogP contribution in [0.1, 0.15) is 64.3 Å². The molecule has 0 bridgehead atoms. The second-order valence-electron chi connectivity index (χ2n) is 16.0.